The first-order valence-corrected chi connectivity index (χ1v) is 12.6. The molecule has 7 nitrogen and oxygen atoms in total. The normalized spacial score (nSPS) is 17.2. The van der Waals surface area contributed by atoms with Gasteiger partial charge in [-0.25, -0.2) is 4.79 Å². The first-order valence-electron chi connectivity index (χ1n) is 11.1. The standard InChI is InChI=1S/C25H27N3O4S/c1-16-18(4-6-20-22(16)15-32-25(20)30)7-10-28-11-8-19(9-12-28)27-24(29)21-5-3-17(14-26)13-23(21)33(2)31/h3-6,13,19H,7-12,15H2,1-2H3,(H,27,29). The molecule has 0 aliphatic carbocycles. The van der Waals surface area contributed by atoms with Gasteiger partial charge >= 0.3 is 5.97 Å². The molecule has 1 unspecified atom stereocenters. The molecular weight excluding hydrogens is 438 g/mol. The molecule has 1 fully saturated rings. The predicted molar refractivity (Wildman–Crippen MR) is 124 cm³/mol. The van der Waals surface area contributed by atoms with Crippen LogP contribution in [0.4, 0.5) is 0 Å². The lowest BCUT2D eigenvalue weighted by Crippen LogP contribution is -2.45. The number of rotatable bonds is 6. The van der Waals surface area contributed by atoms with Gasteiger partial charge in [-0.3, -0.25) is 9.00 Å². The van der Waals surface area contributed by atoms with Crippen LogP contribution in [0.15, 0.2) is 35.2 Å². The van der Waals surface area contributed by atoms with Crippen molar-refractivity contribution in [3.63, 3.8) is 0 Å². The van der Waals surface area contributed by atoms with Crippen molar-refractivity contribution in [3.05, 3.63) is 63.7 Å². The van der Waals surface area contributed by atoms with Crippen LogP contribution in [0, 0.1) is 18.3 Å². The molecule has 1 atom stereocenters. The highest BCUT2D eigenvalue weighted by molar-refractivity contribution is 7.84. The second-order valence-corrected chi connectivity index (χ2v) is 9.92. The fraction of sp³-hybridized carbons (Fsp3) is 0.400. The van der Waals surface area contributed by atoms with Gasteiger partial charge in [0, 0.05) is 37.5 Å². The average molecular weight is 466 g/mol. The SMILES string of the molecule is Cc1c(CCN2CCC(NC(=O)c3ccc(C#N)cc3S(C)=O)CC2)ccc2c1COC2=O. The molecule has 2 aromatic carbocycles. The summed E-state index contributed by atoms with van der Waals surface area (Å²) in [6.07, 6.45) is 4.11. The van der Waals surface area contributed by atoms with Crippen LogP contribution in [0.1, 0.15) is 55.8 Å². The van der Waals surface area contributed by atoms with Crippen LogP contribution < -0.4 is 5.32 Å². The smallest absolute Gasteiger partial charge is 0.338 e. The number of amides is 1. The molecule has 0 spiro atoms. The molecule has 0 aromatic heterocycles. The van der Waals surface area contributed by atoms with E-state index in [-0.39, 0.29) is 17.9 Å². The van der Waals surface area contributed by atoms with E-state index in [0.29, 0.717) is 28.2 Å². The van der Waals surface area contributed by atoms with Gasteiger partial charge in [0.25, 0.3) is 5.91 Å². The van der Waals surface area contributed by atoms with Gasteiger partial charge in [-0.2, -0.15) is 5.26 Å². The van der Waals surface area contributed by atoms with E-state index in [9.17, 15) is 13.8 Å². The number of carbonyl (C=O) groups excluding carboxylic acids is 2. The molecule has 1 amide bonds. The third-order valence-electron chi connectivity index (χ3n) is 6.56. The van der Waals surface area contributed by atoms with Gasteiger partial charge in [0.15, 0.2) is 0 Å². The van der Waals surface area contributed by atoms with Crippen LogP contribution in [0.2, 0.25) is 0 Å². The third-order valence-corrected chi connectivity index (χ3v) is 7.52. The minimum absolute atomic E-state index is 0.0624. The van der Waals surface area contributed by atoms with E-state index in [4.69, 9.17) is 10.00 Å². The fourth-order valence-corrected chi connectivity index (χ4v) is 5.29. The van der Waals surface area contributed by atoms with Crippen molar-refractivity contribution < 1.29 is 18.5 Å². The highest BCUT2D eigenvalue weighted by atomic mass is 32.2. The number of hydrogen-bond donors (Lipinski definition) is 1. The largest absolute Gasteiger partial charge is 0.457 e. The minimum atomic E-state index is -1.36. The minimum Gasteiger partial charge on any atom is -0.457 e. The van der Waals surface area contributed by atoms with Crippen LogP contribution in [0.25, 0.3) is 0 Å². The van der Waals surface area contributed by atoms with Crippen LogP contribution in [0.3, 0.4) is 0 Å². The zero-order valence-corrected chi connectivity index (χ0v) is 19.7. The number of nitrogens with zero attached hydrogens (tertiary/aromatic N) is 2. The summed E-state index contributed by atoms with van der Waals surface area (Å²) in [7, 11) is -1.36. The van der Waals surface area contributed by atoms with Crippen LogP contribution in [-0.2, 0) is 28.6 Å². The molecule has 2 aromatic rings. The topological polar surface area (TPSA) is 99.5 Å². The van der Waals surface area contributed by atoms with E-state index < -0.39 is 10.8 Å². The van der Waals surface area contributed by atoms with Crippen LogP contribution >= 0.6 is 0 Å². The predicted octanol–water partition coefficient (Wildman–Crippen LogP) is 2.71. The average Bonchev–Trinajstić information content (AvgIpc) is 3.20. The number of hydrogen-bond acceptors (Lipinski definition) is 6. The molecule has 8 heteroatoms. The number of fused-ring (bicyclic) bond motifs is 1. The van der Waals surface area contributed by atoms with E-state index in [2.05, 4.69) is 17.1 Å². The molecule has 33 heavy (non-hydrogen) atoms. The molecule has 0 bridgehead atoms. The molecule has 2 aliphatic heterocycles. The van der Waals surface area contributed by atoms with Gasteiger partial charge in [0.05, 0.1) is 38.5 Å². The molecule has 1 N–H and O–H groups in total. The van der Waals surface area contributed by atoms with Crippen molar-refractivity contribution in [3.8, 4) is 6.07 Å². The Morgan fingerprint density at radius 3 is 2.73 bits per heavy atom. The number of benzene rings is 2. The molecule has 2 aliphatic rings. The maximum Gasteiger partial charge on any atom is 0.338 e. The molecule has 4 rings (SSSR count). The molecule has 0 radical (unpaired) electrons. The lowest BCUT2D eigenvalue weighted by Gasteiger charge is -2.32. The molecule has 2 heterocycles. The van der Waals surface area contributed by atoms with Gasteiger partial charge < -0.3 is 15.0 Å². The summed E-state index contributed by atoms with van der Waals surface area (Å²) < 4.78 is 17.2. The summed E-state index contributed by atoms with van der Waals surface area (Å²) >= 11 is 0. The van der Waals surface area contributed by atoms with Crippen molar-refractivity contribution in [1.29, 1.82) is 5.26 Å². The Morgan fingerprint density at radius 2 is 2.03 bits per heavy atom. The molecule has 1 saturated heterocycles. The summed E-state index contributed by atoms with van der Waals surface area (Å²) in [5.41, 5.74) is 4.84. The first-order chi connectivity index (χ1) is 15.9. The summed E-state index contributed by atoms with van der Waals surface area (Å²) in [6, 6.07) is 10.7. The second-order valence-electron chi connectivity index (χ2n) is 8.57. The Labute approximate surface area is 196 Å². The van der Waals surface area contributed by atoms with Crippen LogP contribution in [0.5, 0.6) is 0 Å². The van der Waals surface area contributed by atoms with Gasteiger partial charge in [-0.1, -0.05) is 6.07 Å². The van der Waals surface area contributed by atoms with E-state index in [1.54, 1.807) is 12.1 Å². The van der Waals surface area contributed by atoms with Crippen molar-refractivity contribution in [2.24, 2.45) is 0 Å². The van der Waals surface area contributed by atoms with Crippen molar-refractivity contribution >= 4 is 22.7 Å². The maximum atomic E-state index is 12.8. The Kier molecular flexibility index (Phi) is 6.91. The van der Waals surface area contributed by atoms with E-state index in [1.807, 2.05) is 18.2 Å². The summed E-state index contributed by atoms with van der Waals surface area (Å²) in [4.78, 5) is 27.3. The van der Waals surface area contributed by atoms with E-state index >= 15 is 0 Å². The highest BCUT2D eigenvalue weighted by Gasteiger charge is 2.25. The summed E-state index contributed by atoms with van der Waals surface area (Å²) in [5.74, 6) is -0.476. The first kappa shape index (κ1) is 23.1. The van der Waals surface area contributed by atoms with E-state index in [1.165, 1.54) is 17.9 Å². The maximum absolute atomic E-state index is 12.8. The summed E-state index contributed by atoms with van der Waals surface area (Å²) in [6.45, 7) is 5.11. The lowest BCUT2D eigenvalue weighted by atomic mass is 9.96. The quantitative estimate of drug-likeness (QED) is 0.659. The highest BCUT2D eigenvalue weighted by Crippen LogP contribution is 2.26. The molecule has 172 valence electrons. The van der Waals surface area contributed by atoms with Crippen molar-refractivity contribution in [2.75, 3.05) is 25.9 Å². The Bertz CT molecular complexity index is 1160. The van der Waals surface area contributed by atoms with Crippen molar-refractivity contribution in [2.45, 2.75) is 43.7 Å². The van der Waals surface area contributed by atoms with Gasteiger partial charge in [0.1, 0.15) is 6.61 Å². The van der Waals surface area contributed by atoms with Gasteiger partial charge in [-0.15, -0.1) is 0 Å². The number of nitrogens with one attached hydrogen (secondary N) is 1. The lowest BCUT2D eigenvalue weighted by molar-refractivity contribution is 0.0534. The fourth-order valence-electron chi connectivity index (χ4n) is 4.53. The number of cyclic esters (lactones) is 1. The zero-order valence-electron chi connectivity index (χ0n) is 18.8. The Hall–Kier alpha value is -3.02. The number of carbonyl (C=O) groups is 2. The third kappa shape index (κ3) is 5.00. The number of esters is 1. The zero-order chi connectivity index (χ0) is 23.5. The molecular formula is C25H27N3O4S. The molecule has 0 saturated carbocycles. The number of ether oxygens (including phenoxy) is 1. The number of nitriles is 1. The van der Waals surface area contributed by atoms with Gasteiger partial charge in [-0.05, 0) is 61.6 Å². The van der Waals surface area contributed by atoms with E-state index in [0.717, 1.165) is 50.0 Å². The summed E-state index contributed by atoms with van der Waals surface area (Å²) in [5, 5.41) is 12.1. The number of likely N-dealkylation sites (tertiary alicyclic amines) is 1. The Balaban J connectivity index is 1.30. The monoisotopic (exact) mass is 465 g/mol. The van der Waals surface area contributed by atoms with Crippen molar-refractivity contribution in [1.82, 2.24) is 10.2 Å². The van der Waals surface area contributed by atoms with Gasteiger partial charge in [0.2, 0.25) is 0 Å². The second kappa shape index (κ2) is 9.86. The van der Waals surface area contributed by atoms with Crippen LogP contribution in [-0.4, -0.2) is 52.9 Å². The number of piperidine rings is 1. The Morgan fingerprint density at radius 1 is 1.27 bits per heavy atom.